The van der Waals surface area contributed by atoms with Crippen molar-refractivity contribution in [3.8, 4) is 16.9 Å². The minimum atomic E-state index is -0.308. The van der Waals surface area contributed by atoms with Gasteiger partial charge in [0.2, 0.25) is 5.88 Å². The van der Waals surface area contributed by atoms with Gasteiger partial charge in [0.05, 0.1) is 11.8 Å². The van der Waals surface area contributed by atoms with Gasteiger partial charge in [-0.25, -0.2) is 0 Å². The van der Waals surface area contributed by atoms with E-state index in [1.165, 1.54) is 0 Å². The van der Waals surface area contributed by atoms with Crippen molar-refractivity contribution in [1.82, 2.24) is 5.16 Å². The first-order valence-corrected chi connectivity index (χ1v) is 6.81. The highest BCUT2D eigenvalue weighted by Crippen LogP contribution is 2.27. The summed E-state index contributed by atoms with van der Waals surface area (Å²) in [5.41, 5.74) is 1.65. The maximum Gasteiger partial charge on any atom is 0.264 e. The Hall–Kier alpha value is -3.08. The summed E-state index contributed by atoms with van der Waals surface area (Å²) in [7, 11) is 0. The molecule has 110 valence electrons. The molecule has 0 saturated carbocycles. The Balaban J connectivity index is 1.64. The molecule has 3 aromatic rings. The third kappa shape index (κ3) is 3.32. The maximum absolute atomic E-state index is 11.9. The second-order valence-corrected chi connectivity index (χ2v) is 4.58. The van der Waals surface area contributed by atoms with Crippen LogP contribution in [0.5, 0.6) is 5.75 Å². The van der Waals surface area contributed by atoms with Gasteiger partial charge in [-0.15, -0.1) is 0 Å². The quantitative estimate of drug-likeness (QED) is 0.783. The molecule has 0 saturated heterocycles. The van der Waals surface area contributed by atoms with E-state index >= 15 is 0 Å². The Morgan fingerprint density at radius 1 is 1.05 bits per heavy atom. The highest BCUT2D eigenvalue weighted by Gasteiger charge is 2.13. The van der Waals surface area contributed by atoms with Crippen molar-refractivity contribution in [1.29, 1.82) is 0 Å². The number of anilines is 1. The van der Waals surface area contributed by atoms with Crippen LogP contribution in [0.3, 0.4) is 0 Å². The zero-order valence-corrected chi connectivity index (χ0v) is 11.7. The van der Waals surface area contributed by atoms with Crippen LogP contribution in [0, 0.1) is 0 Å². The minimum Gasteiger partial charge on any atom is -0.484 e. The molecule has 22 heavy (non-hydrogen) atoms. The lowest BCUT2D eigenvalue weighted by molar-refractivity contribution is -0.118. The summed E-state index contributed by atoms with van der Waals surface area (Å²) >= 11 is 0. The monoisotopic (exact) mass is 294 g/mol. The van der Waals surface area contributed by atoms with E-state index in [4.69, 9.17) is 9.26 Å². The zero-order valence-electron chi connectivity index (χ0n) is 11.7. The fourth-order valence-corrected chi connectivity index (χ4v) is 1.98. The second-order valence-electron chi connectivity index (χ2n) is 4.58. The average Bonchev–Trinajstić information content (AvgIpc) is 3.03. The van der Waals surface area contributed by atoms with Crippen LogP contribution in [0.4, 0.5) is 5.88 Å². The molecule has 0 fully saturated rings. The Kier molecular flexibility index (Phi) is 4.15. The number of para-hydroxylation sites is 1. The largest absolute Gasteiger partial charge is 0.484 e. The highest BCUT2D eigenvalue weighted by molar-refractivity contribution is 5.94. The van der Waals surface area contributed by atoms with Gasteiger partial charge < -0.3 is 9.26 Å². The fourth-order valence-electron chi connectivity index (χ4n) is 1.98. The van der Waals surface area contributed by atoms with Gasteiger partial charge in [0.25, 0.3) is 5.91 Å². The number of hydrogen-bond acceptors (Lipinski definition) is 4. The first kappa shape index (κ1) is 13.9. The molecule has 3 rings (SSSR count). The Bertz CT molecular complexity index is 739. The summed E-state index contributed by atoms with van der Waals surface area (Å²) in [5, 5.41) is 6.41. The Morgan fingerprint density at radius 3 is 2.45 bits per heavy atom. The summed E-state index contributed by atoms with van der Waals surface area (Å²) in [5.74, 6) is 0.643. The van der Waals surface area contributed by atoms with E-state index in [1.54, 1.807) is 18.3 Å². The number of carbonyl (C=O) groups is 1. The van der Waals surface area contributed by atoms with Crippen LogP contribution >= 0.6 is 0 Å². The zero-order chi connectivity index (χ0) is 15.2. The summed E-state index contributed by atoms with van der Waals surface area (Å²) < 4.78 is 10.5. The number of carbonyl (C=O) groups excluding carboxylic acids is 1. The summed E-state index contributed by atoms with van der Waals surface area (Å²) in [6.07, 6.45) is 1.57. The molecule has 1 amide bonds. The number of ether oxygens (including phenoxy) is 1. The van der Waals surface area contributed by atoms with Gasteiger partial charge in [-0.2, -0.15) is 0 Å². The molecule has 0 aliphatic rings. The molecule has 0 aliphatic carbocycles. The Labute approximate surface area is 127 Å². The molecule has 5 heteroatoms. The lowest BCUT2D eigenvalue weighted by Gasteiger charge is -2.06. The van der Waals surface area contributed by atoms with Gasteiger partial charge in [-0.05, 0) is 17.7 Å². The van der Waals surface area contributed by atoms with Crippen molar-refractivity contribution in [2.24, 2.45) is 0 Å². The molecule has 0 aliphatic heterocycles. The van der Waals surface area contributed by atoms with E-state index < -0.39 is 0 Å². The van der Waals surface area contributed by atoms with Crippen molar-refractivity contribution < 1.29 is 14.1 Å². The van der Waals surface area contributed by atoms with E-state index in [9.17, 15) is 4.79 Å². The van der Waals surface area contributed by atoms with Gasteiger partial charge in [-0.1, -0.05) is 53.7 Å². The SMILES string of the molecule is O=C(COc1ccccc1)Nc1oncc1-c1ccccc1. The first-order valence-electron chi connectivity index (χ1n) is 6.81. The molecule has 0 spiro atoms. The molecule has 1 heterocycles. The van der Waals surface area contributed by atoms with E-state index in [0.29, 0.717) is 11.6 Å². The van der Waals surface area contributed by atoms with Crippen molar-refractivity contribution in [3.05, 3.63) is 66.9 Å². The van der Waals surface area contributed by atoms with Gasteiger partial charge in [0.15, 0.2) is 6.61 Å². The molecule has 1 aromatic heterocycles. The number of hydrogen-bond donors (Lipinski definition) is 1. The lowest BCUT2D eigenvalue weighted by Crippen LogP contribution is -2.20. The number of rotatable bonds is 5. The predicted molar refractivity (Wildman–Crippen MR) is 82.5 cm³/mol. The molecule has 0 unspecified atom stereocenters. The van der Waals surface area contributed by atoms with Crippen molar-refractivity contribution in [3.63, 3.8) is 0 Å². The highest BCUT2D eigenvalue weighted by atomic mass is 16.5. The summed E-state index contributed by atoms with van der Waals surface area (Å²) in [6, 6.07) is 18.7. The second kappa shape index (κ2) is 6.58. The van der Waals surface area contributed by atoms with E-state index in [0.717, 1.165) is 11.1 Å². The molecule has 0 bridgehead atoms. The molecule has 1 N–H and O–H groups in total. The minimum absolute atomic E-state index is 0.0983. The third-order valence-electron chi connectivity index (χ3n) is 3.02. The molecule has 0 atom stereocenters. The summed E-state index contributed by atoms with van der Waals surface area (Å²) in [4.78, 5) is 11.9. The molecular weight excluding hydrogens is 280 g/mol. The number of nitrogens with one attached hydrogen (secondary N) is 1. The van der Waals surface area contributed by atoms with Crippen LogP contribution in [-0.2, 0) is 4.79 Å². The number of aromatic nitrogens is 1. The van der Waals surface area contributed by atoms with Crippen molar-refractivity contribution >= 4 is 11.8 Å². The lowest BCUT2D eigenvalue weighted by atomic mass is 10.1. The number of amides is 1. The number of benzene rings is 2. The fraction of sp³-hybridized carbons (Fsp3) is 0.0588. The van der Waals surface area contributed by atoms with Crippen molar-refractivity contribution in [2.75, 3.05) is 11.9 Å². The average molecular weight is 294 g/mol. The first-order chi connectivity index (χ1) is 10.8. The third-order valence-corrected chi connectivity index (χ3v) is 3.02. The topological polar surface area (TPSA) is 64.4 Å². The predicted octanol–water partition coefficient (Wildman–Crippen LogP) is 3.36. The van der Waals surface area contributed by atoms with Crippen LogP contribution in [0.1, 0.15) is 0 Å². The van der Waals surface area contributed by atoms with Gasteiger partial charge in [-0.3, -0.25) is 10.1 Å². The standard InChI is InChI=1S/C17H14N2O3/c20-16(12-21-14-9-5-2-6-10-14)19-17-15(11-18-22-17)13-7-3-1-4-8-13/h1-11H,12H2,(H,19,20). The van der Waals surface area contributed by atoms with Crippen LogP contribution in [0.2, 0.25) is 0 Å². The molecule has 0 radical (unpaired) electrons. The molecular formula is C17H14N2O3. The molecule has 5 nitrogen and oxygen atoms in total. The van der Waals surface area contributed by atoms with Crippen LogP contribution in [0.25, 0.3) is 11.1 Å². The maximum atomic E-state index is 11.9. The van der Waals surface area contributed by atoms with E-state index in [1.807, 2.05) is 48.5 Å². The normalized spacial score (nSPS) is 10.2. The van der Waals surface area contributed by atoms with Crippen LogP contribution in [0.15, 0.2) is 71.4 Å². The van der Waals surface area contributed by atoms with Crippen LogP contribution < -0.4 is 10.1 Å². The number of nitrogens with zero attached hydrogens (tertiary/aromatic N) is 1. The van der Waals surface area contributed by atoms with E-state index in [2.05, 4.69) is 10.5 Å². The van der Waals surface area contributed by atoms with Crippen molar-refractivity contribution in [2.45, 2.75) is 0 Å². The van der Waals surface area contributed by atoms with E-state index in [-0.39, 0.29) is 12.5 Å². The smallest absolute Gasteiger partial charge is 0.264 e. The van der Waals surface area contributed by atoms with Gasteiger partial charge in [0.1, 0.15) is 5.75 Å². The van der Waals surface area contributed by atoms with Gasteiger partial charge in [0, 0.05) is 0 Å². The van der Waals surface area contributed by atoms with Gasteiger partial charge >= 0.3 is 0 Å². The molecule has 2 aromatic carbocycles. The summed E-state index contributed by atoms with van der Waals surface area (Å²) in [6.45, 7) is -0.0983. The Morgan fingerprint density at radius 2 is 1.73 bits per heavy atom. The van der Waals surface area contributed by atoms with Crippen LogP contribution in [-0.4, -0.2) is 17.7 Å².